The third-order valence-electron chi connectivity index (χ3n) is 4.29. The van der Waals surface area contributed by atoms with Crippen LogP contribution < -0.4 is 15.8 Å². The van der Waals surface area contributed by atoms with Crippen LogP contribution in [0.15, 0.2) is 6.07 Å². The molecule has 1 aromatic heterocycles. The minimum atomic E-state index is -4.26. The molecular formula is C15H19F3N4O5. The number of aliphatic hydroxyl groups is 1. The van der Waals surface area contributed by atoms with E-state index in [4.69, 9.17) is 15.6 Å². The lowest BCUT2D eigenvalue weighted by molar-refractivity contribution is -0.384. The van der Waals surface area contributed by atoms with Crippen LogP contribution in [0.25, 0.3) is 0 Å². The van der Waals surface area contributed by atoms with Gasteiger partial charge >= 0.3 is 11.9 Å². The second-order valence-electron chi connectivity index (χ2n) is 6.14. The van der Waals surface area contributed by atoms with Gasteiger partial charge in [-0.25, -0.2) is 0 Å². The quantitative estimate of drug-likeness (QED) is 0.495. The molecule has 4 N–H and O–H groups in total. The third kappa shape index (κ3) is 5.18. The van der Waals surface area contributed by atoms with Crippen molar-refractivity contribution in [2.45, 2.75) is 37.9 Å². The Kier molecular flexibility index (Phi) is 6.41. The number of nitrogen functional groups attached to an aromatic ring is 1. The molecule has 0 saturated heterocycles. The van der Waals surface area contributed by atoms with E-state index in [9.17, 15) is 28.1 Å². The molecule has 0 atom stereocenters. The van der Waals surface area contributed by atoms with Gasteiger partial charge in [0.1, 0.15) is 12.2 Å². The summed E-state index contributed by atoms with van der Waals surface area (Å²) in [5.41, 5.74) is 4.59. The van der Waals surface area contributed by atoms with Crippen LogP contribution in [-0.4, -0.2) is 46.4 Å². The smallest absolute Gasteiger partial charge is 0.391 e. The van der Waals surface area contributed by atoms with Crippen molar-refractivity contribution in [3.8, 4) is 5.88 Å². The first-order chi connectivity index (χ1) is 12.6. The molecule has 0 unspecified atom stereocenters. The molecule has 1 aliphatic rings. The van der Waals surface area contributed by atoms with Crippen molar-refractivity contribution in [2.75, 3.05) is 18.9 Å². The molecule has 12 heteroatoms. The number of carbonyl (C=O) groups is 1. The predicted octanol–water partition coefficient (Wildman–Crippen LogP) is 1.79. The summed E-state index contributed by atoms with van der Waals surface area (Å²) in [6.45, 7) is -0.609. The third-order valence-corrected chi connectivity index (χ3v) is 4.29. The van der Waals surface area contributed by atoms with E-state index in [0.717, 1.165) is 6.07 Å². The normalized spacial score (nSPS) is 20.1. The van der Waals surface area contributed by atoms with Crippen LogP contribution in [0.1, 0.15) is 36.0 Å². The summed E-state index contributed by atoms with van der Waals surface area (Å²) in [5, 5.41) is 22.4. The van der Waals surface area contributed by atoms with Gasteiger partial charge in [0, 0.05) is 12.1 Å². The predicted molar refractivity (Wildman–Crippen MR) is 87.2 cm³/mol. The number of halogens is 3. The first kappa shape index (κ1) is 20.7. The summed E-state index contributed by atoms with van der Waals surface area (Å²) in [5.74, 6) is -2.92. The Balaban J connectivity index is 2.15. The van der Waals surface area contributed by atoms with E-state index in [0.29, 0.717) is 0 Å². The minimum absolute atomic E-state index is 0.109. The molecule has 1 fully saturated rings. The molecule has 0 aliphatic heterocycles. The highest BCUT2D eigenvalue weighted by atomic mass is 19.4. The van der Waals surface area contributed by atoms with Crippen molar-refractivity contribution in [2.24, 2.45) is 5.92 Å². The van der Waals surface area contributed by atoms with Gasteiger partial charge < -0.3 is 20.9 Å². The van der Waals surface area contributed by atoms with E-state index < -0.39 is 40.5 Å². The van der Waals surface area contributed by atoms with Crippen molar-refractivity contribution in [3.63, 3.8) is 0 Å². The number of carbonyl (C=O) groups excluding carboxylic acids is 1. The minimum Gasteiger partial charge on any atom is -0.475 e. The number of pyridine rings is 1. The standard InChI is InChI=1S/C15H19F3N4O5/c16-15(17,18)8-1-3-9(4-2-8)20-13(24)10-7-11(22(25)26)12(19)21-14(10)27-6-5-23/h7-9,23H,1-6H2,(H2,19,21)(H,20,24)/t8-,9-. The molecule has 150 valence electrons. The van der Waals surface area contributed by atoms with E-state index >= 15 is 0 Å². The maximum absolute atomic E-state index is 12.7. The lowest BCUT2D eigenvalue weighted by atomic mass is 9.85. The zero-order chi connectivity index (χ0) is 20.2. The van der Waals surface area contributed by atoms with E-state index in [1.807, 2.05) is 0 Å². The van der Waals surface area contributed by atoms with Gasteiger partial charge in [0.25, 0.3) is 5.91 Å². The SMILES string of the molecule is Nc1nc(OCCO)c(C(=O)N[C@H]2CC[C@H](C(F)(F)F)CC2)cc1[N+](=O)[O-]. The lowest BCUT2D eigenvalue weighted by Gasteiger charge is -2.30. The molecule has 1 saturated carbocycles. The maximum atomic E-state index is 12.7. The van der Waals surface area contributed by atoms with Crippen LogP contribution in [0, 0.1) is 16.0 Å². The molecule has 27 heavy (non-hydrogen) atoms. The van der Waals surface area contributed by atoms with Crippen LogP contribution >= 0.6 is 0 Å². The average molecular weight is 392 g/mol. The summed E-state index contributed by atoms with van der Waals surface area (Å²) in [4.78, 5) is 26.4. The Hall–Kier alpha value is -2.63. The Labute approximate surface area is 151 Å². The summed E-state index contributed by atoms with van der Waals surface area (Å²) in [6, 6.07) is 0.393. The van der Waals surface area contributed by atoms with Crippen LogP contribution in [0.5, 0.6) is 5.88 Å². The molecular weight excluding hydrogens is 373 g/mol. The van der Waals surface area contributed by atoms with Crippen LogP contribution in [-0.2, 0) is 0 Å². The maximum Gasteiger partial charge on any atom is 0.391 e. The molecule has 0 aromatic carbocycles. The summed E-state index contributed by atoms with van der Waals surface area (Å²) < 4.78 is 43.3. The summed E-state index contributed by atoms with van der Waals surface area (Å²) in [7, 11) is 0. The summed E-state index contributed by atoms with van der Waals surface area (Å²) in [6.07, 6.45) is -4.22. The number of alkyl halides is 3. The second kappa shape index (κ2) is 8.37. The van der Waals surface area contributed by atoms with Gasteiger partial charge in [-0.1, -0.05) is 0 Å². The van der Waals surface area contributed by atoms with Gasteiger partial charge in [0.15, 0.2) is 0 Å². The number of nitrogens with one attached hydrogen (secondary N) is 1. The number of hydrogen-bond acceptors (Lipinski definition) is 7. The van der Waals surface area contributed by atoms with E-state index in [2.05, 4.69) is 10.3 Å². The first-order valence-corrected chi connectivity index (χ1v) is 8.19. The van der Waals surface area contributed by atoms with Gasteiger partial charge in [-0.15, -0.1) is 0 Å². The molecule has 1 aliphatic carbocycles. The summed E-state index contributed by atoms with van der Waals surface area (Å²) >= 11 is 0. The lowest BCUT2D eigenvalue weighted by Crippen LogP contribution is -2.40. The average Bonchev–Trinajstić information content (AvgIpc) is 2.59. The number of rotatable bonds is 6. The number of nitrogens with two attached hydrogens (primary N) is 1. The number of nitro groups is 1. The van der Waals surface area contributed by atoms with Gasteiger partial charge in [-0.2, -0.15) is 18.2 Å². The Morgan fingerprint density at radius 2 is 2.04 bits per heavy atom. The Bertz CT molecular complexity index is 705. The van der Waals surface area contributed by atoms with E-state index in [1.54, 1.807) is 0 Å². The monoisotopic (exact) mass is 392 g/mol. The van der Waals surface area contributed by atoms with Gasteiger partial charge in [0.05, 0.1) is 17.4 Å². The van der Waals surface area contributed by atoms with Crippen molar-refractivity contribution in [1.29, 1.82) is 0 Å². The van der Waals surface area contributed by atoms with Crippen LogP contribution in [0.2, 0.25) is 0 Å². The molecule has 0 radical (unpaired) electrons. The van der Waals surface area contributed by atoms with Crippen LogP contribution in [0.3, 0.4) is 0 Å². The fraction of sp³-hybridized carbons (Fsp3) is 0.600. The highest BCUT2D eigenvalue weighted by Gasteiger charge is 2.41. The molecule has 0 bridgehead atoms. The van der Waals surface area contributed by atoms with Crippen LogP contribution in [0.4, 0.5) is 24.7 Å². The molecule has 1 aromatic rings. The number of hydrogen-bond donors (Lipinski definition) is 3. The number of aliphatic hydroxyl groups excluding tert-OH is 1. The Morgan fingerprint density at radius 3 is 2.56 bits per heavy atom. The number of anilines is 1. The highest BCUT2D eigenvalue weighted by Crippen LogP contribution is 2.37. The number of aromatic nitrogens is 1. The van der Waals surface area contributed by atoms with Crippen molar-refractivity contribution in [1.82, 2.24) is 10.3 Å². The Morgan fingerprint density at radius 1 is 1.41 bits per heavy atom. The first-order valence-electron chi connectivity index (χ1n) is 8.19. The molecule has 2 rings (SSSR count). The van der Waals surface area contributed by atoms with E-state index in [1.165, 1.54) is 0 Å². The molecule has 1 amide bonds. The van der Waals surface area contributed by atoms with E-state index in [-0.39, 0.29) is 50.3 Å². The second-order valence-corrected chi connectivity index (χ2v) is 6.14. The topological polar surface area (TPSA) is 141 Å². The number of amides is 1. The van der Waals surface area contributed by atoms with Crippen molar-refractivity contribution >= 4 is 17.4 Å². The largest absolute Gasteiger partial charge is 0.475 e. The zero-order valence-electron chi connectivity index (χ0n) is 14.2. The van der Waals surface area contributed by atoms with Gasteiger partial charge in [0.2, 0.25) is 11.7 Å². The molecule has 0 spiro atoms. The van der Waals surface area contributed by atoms with Crippen molar-refractivity contribution < 1.29 is 32.7 Å². The fourth-order valence-corrected chi connectivity index (χ4v) is 2.89. The molecule has 1 heterocycles. The van der Waals surface area contributed by atoms with Gasteiger partial charge in [-0.05, 0) is 25.7 Å². The molecule has 9 nitrogen and oxygen atoms in total. The number of nitrogens with zero attached hydrogens (tertiary/aromatic N) is 2. The fourth-order valence-electron chi connectivity index (χ4n) is 2.89. The zero-order valence-corrected chi connectivity index (χ0v) is 14.2. The number of ether oxygens (including phenoxy) is 1. The van der Waals surface area contributed by atoms with Gasteiger partial charge in [-0.3, -0.25) is 14.9 Å². The highest BCUT2D eigenvalue weighted by molar-refractivity contribution is 5.97. The van der Waals surface area contributed by atoms with Crippen molar-refractivity contribution in [3.05, 3.63) is 21.7 Å².